The number of nitrogens with two attached hydrogens (primary N) is 1. The van der Waals surface area contributed by atoms with Gasteiger partial charge in [0, 0.05) is 11.1 Å². The van der Waals surface area contributed by atoms with Crippen molar-refractivity contribution in [2.75, 3.05) is 0 Å². The maximum atomic E-state index is 6.23. The van der Waals surface area contributed by atoms with Crippen LogP contribution in [0.5, 0.6) is 0 Å². The Kier molecular flexibility index (Phi) is 4.62. The Morgan fingerprint density at radius 3 is 2.33 bits per heavy atom. The fourth-order valence-electron chi connectivity index (χ4n) is 1.95. The zero-order valence-corrected chi connectivity index (χ0v) is 10.5. The first kappa shape index (κ1) is 12.5. The molecule has 0 heterocycles. The molecule has 84 valence electrons. The highest BCUT2D eigenvalue weighted by atomic mass is 35.5. The molecule has 1 atom stereocenters. The number of hydrogen-bond donors (Lipinski definition) is 1. The van der Waals surface area contributed by atoms with Crippen molar-refractivity contribution in [1.82, 2.24) is 0 Å². The molecule has 0 aliphatic heterocycles. The minimum absolute atomic E-state index is 0.0631. The minimum atomic E-state index is 0.0631. The van der Waals surface area contributed by atoms with E-state index in [2.05, 4.69) is 26.0 Å². The van der Waals surface area contributed by atoms with Gasteiger partial charge in [0.05, 0.1) is 0 Å². The number of halogens is 1. The van der Waals surface area contributed by atoms with Gasteiger partial charge in [-0.15, -0.1) is 0 Å². The molecule has 1 aromatic carbocycles. The maximum Gasteiger partial charge on any atom is 0.0456 e. The van der Waals surface area contributed by atoms with Crippen LogP contribution in [0.4, 0.5) is 0 Å². The van der Waals surface area contributed by atoms with Crippen LogP contribution in [0.2, 0.25) is 5.02 Å². The normalized spacial score (nSPS) is 13.2. The lowest BCUT2D eigenvalue weighted by Gasteiger charge is -2.22. The third-order valence-corrected chi connectivity index (χ3v) is 3.40. The average Bonchev–Trinajstić information content (AvgIpc) is 2.19. The molecule has 15 heavy (non-hydrogen) atoms. The van der Waals surface area contributed by atoms with E-state index < -0.39 is 0 Å². The van der Waals surface area contributed by atoms with Crippen molar-refractivity contribution in [3.8, 4) is 0 Å². The Morgan fingerprint density at radius 2 is 1.87 bits per heavy atom. The lowest BCUT2D eigenvalue weighted by Crippen LogP contribution is -2.20. The second kappa shape index (κ2) is 5.53. The summed E-state index contributed by atoms with van der Waals surface area (Å²) in [5, 5.41) is 0.800. The Hall–Kier alpha value is -0.530. The van der Waals surface area contributed by atoms with Gasteiger partial charge >= 0.3 is 0 Å². The van der Waals surface area contributed by atoms with Gasteiger partial charge in [-0.05, 0) is 30.0 Å². The first-order valence-corrected chi connectivity index (χ1v) is 5.99. The lowest BCUT2D eigenvalue weighted by molar-refractivity contribution is 0.405. The van der Waals surface area contributed by atoms with Gasteiger partial charge in [-0.3, -0.25) is 0 Å². The topological polar surface area (TPSA) is 26.0 Å². The highest BCUT2D eigenvalue weighted by Gasteiger charge is 2.18. The smallest absolute Gasteiger partial charge is 0.0456 e. The SMILES string of the molecule is CCC(CC)C(N)c1ccc(C)cc1Cl. The van der Waals surface area contributed by atoms with Crippen LogP contribution in [0.15, 0.2) is 18.2 Å². The summed E-state index contributed by atoms with van der Waals surface area (Å²) in [6.45, 7) is 6.39. The molecule has 0 aliphatic carbocycles. The monoisotopic (exact) mass is 225 g/mol. The fourth-order valence-corrected chi connectivity index (χ4v) is 2.31. The maximum absolute atomic E-state index is 6.23. The third kappa shape index (κ3) is 2.96. The van der Waals surface area contributed by atoms with E-state index >= 15 is 0 Å². The molecule has 0 spiro atoms. The van der Waals surface area contributed by atoms with Crippen molar-refractivity contribution in [2.24, 2.45) is 11.7 Å². The first-order chi connectivity index (χ1) is 7.10. The zero-order chi connectivity index (χ0) is 11.4. The van der Waals surface area contributed by atoms with E-state index in [1.54, 1.807) is 0 Å². The summed E-state index contributed by atoms with van der Waals surface area (Å²) in [4.78, 5) is 0. The highest BCUT2D eigenvalue weighted by Crippen LogP contribution is 2.30. The second-order valence-corrected chi connectivity index (χ2v) is 4.53. The van der Waals surface area contributed by atoms with Crippen LogP contribution in [-0.2, 0) is 0 Å². The molecule has 1 rings (SSSR count). The van der Waals surface area contributed by atoms with E-state index in [1.807, 2.05) is 13.0 Å². The molecule has 1 unspecified atom stereocenters. The van der Waals surface area contributed by atoms with E-state index in [-0.39, 0.29) is 6.04 Å². The lowest BCUT2D eigenvalue weighted by atomic mass is 9.89. The average molecular weight is 226 g/mol. The van der Waals surface area contributed by atoms with Gasteiger partial charge in [0.2, 0.25) is 0 Å². The number of hydrogen-bond acceptors (Lipinski definition) is 1. The molecule has 0 fully saturated rings. The molecule has 2 N–H and O–H groups in total. The third-order valence-electron chi connectivity index (χ3n) is 3.07. The summed E-state index contributed by atoms with van der Waals surface area (Å²) in [5.74, 6) is 0.519. The van der Waals surface area contributed by atoms with Crippen LogP contribution in [0.25, 0.3) is 0 Å². The van der Waals surface area contributed by atoms with Crippen LogP contribution in [-0.4, -0.2) is 0 Å². The van der Waals surface area contributed by atoms with Gasteiger partial charge in [0.1, 0.15) is 0 Å². The van der Waals surface area contributed by atoms with Crippen LogP contribution in [0, 0.1) is 12.8 Å². The molecule has 0 bridgehead atoms. The molecule has 2 heteroatoms. The number of rotatable bonds is 4. The van der Waals surface area contributed by atoms with E-state index in [0.717, 1.165) is 23.4 Å². The molecule has 1 nitrogen and oxygen atoms in total. The molecule has 0 saturated carbocycles. The summed E-state index contributed by atoms with van der Waals surface area (Å²) < 4.78 is 0. The van der Waals surface area contributed by atoms with Crippen molar-refractivity contribution in [1.29, 1.82) is 0 Å². The van der Waals surface area contributed by atoms with Crippen LogP contribution in [0.1, 0.15) is 43.9 Å². The Labute approximate surface area is 97.6 Å². The Bertz CT molecular complexity index is 318. The Balaban J connectivity index is 2.94. The largest absolute Gasteiger partial charge is 0.324 e. The summed E-state index contributed by atoms with van der Waals surface area (Å²) in [6, 6.07) is 6.18. The van der Waals surface area contributed by atoms with Crippen molar-refractivity contribution in [2.45, 2.75) is 39.7 Å². The molecular weight excluding hydrogens is 206 g/mol. The molecular formula is C13H20ClN. The van der Waals surface area contributed by atoms with Crippen LogP contribution in [0.3, 0.4) is 0 Å². The summed E-state index contributed by atoms with van der Waals surface area (Å²) >= 11 is 6.20. The van der Waals surface area contributed by atoms with Gasteiger partial charge < -0.3 is 5.73 Å². The van der Waals surface area contributed by atoms with Gasteiger partial charge in [-0.2, -0.15) is 0 Å². The summed E-state index contributed by atoms with van der Waals surface area (Å²) in [5.41, 5.74) is 8.49. The Morgan fingerprint density at radius 1 is 1.27 bits per heavy atom. The highest BCUT2D eigenvalue weighted by molar-refractivity contribution is 6.31. The van der Waals surface area contributed by atoms with E-state index in [4.69, 9.17) is 17.3 Å². The van der Waals surface area contributed by atoms with Gasteiger partial charge in [0.15, 0.2) is 0 Å². The summed E-state index contributed by atoms with van der Waals surface area (Å²) in [7, 11) is 0. The molecule has 0 saturated heterocycles. The standard InChI is InChI=1S/C13H20ClN/c1-4-10(5-2)13(15)11-7-6-9(3)8-12(11)14/h6-8,10,13H,4-5,15H2,1-3H3. The number of benzene rings is 1. The quantitative estimate of drug-likeness (QED) is 0.821. The van der Waals surface area contributed by atoms with E-state index in [9.17, 15) is 0 Å². The zero-order valence-electron chi connectivity index (χ0n) is 9.76. The fraction of sp³-hybridized carbons (Fsp3) is 0.538. The molecule has 0 aliphatic rings. The number of aryl methyl sites for hydroxylation is 1. The van der Waals surface area contributed by atoms with Gasteiger partial charge in [-0.1, -0.05) is 50.4 Å². The van der Waals surface area contributed by atoms with Crippen LogP contribution < -0.4 is 5.73 Å². The predicted molar refractivity (Wildman–Crippen MR) is 67.2 cm³/mol. The second-order valence-electron chi connectivity index (χ2n) is 4.13. The molecule has 1 aromatic rings. The van der Waals surface area contributed by atoms with Crippen LogP contribution >= 0.6 is 11.6 Å². The predicted octanol–water partition coefficient (Wildman–Crippen LogP) is 4.08. The molecule has 0 amide bonds. The first-order valence-electron chi connectivity index (χ1n) is 5.61. The van der Waals surface area contributed by atoms with Gasteiger partial charge in [-0.25, -0.2) is 0 Å². The minimum Gasteiger partial charge on any atom is -0.324 e. The van der Waals surface area contributed by atoms with Crippen molar-refractivity contribution in [3.63, 3.8) is 0 Å². The van der Waals surface area contributed by atoms with Crippen molar-refractivity contribution >= 4 is 11.6 Å². The summed E-state index contributed by atoms with van der Waals surface area (Å²) in [6.07, 6.45) is 2.20. The van der Waals surface area contributed by atoms with Gasteiger partial charge in [0.25, 0.3) is 0 Å². The van der Waals surface area contributed by atoms with E-state index in [1.165, 1.54) is 5.56 Å². The molecule has 0 aromatic heterocycles. The van der Waals surface area contributed by atoms with E-state index in [0.29, 0.717) is 5.92 Å². The van der Waals surface area contributed by atoms with Crippen molar-refractivity contribution in [3.05, 3.63) is 34.3 Å². The van der Waals surface area contributed by atoms with Crippen molar-refractivity contribution < 1.29 is 0 Å². The molecule has 0 radical (unpaired) electrons.